The summed E-state index contributed by atoms with van der Waals surface area (Å²) >= 11 is 0. The molecule has 86 valence electrons. The Morgan fingerprint density at radius 3 is 2.40 bits per heavy atom. The molecule has 0 aromatic carbocycles. The first kappa shape index (κ1) is 12.5. The second kappa shape index (κ2) is 4.11. The lowest BCUT2D eigenvalue weighted by Gasteiger charge is -2.33. The van der Waals surface area contributed by atoms with Crippen LogP contribution in [0.15, 0.2) is 23.3 Å². The van der Waals surface area contributed by atoms with E-state index in [4.69, 9.17) is 0 Å². The van der Waals surface area contributed by atoms with Crippen molar-refractivity contribution >= 4 is 0 Å². The van der Waals surface area contributed by atoms with Gasteiger partial charge in [0.25, 0.3) is 0 Å². The first-order chi connectivity index (χ1) is 6.72. The zero-order chi connectivity index (χ0) is 11.7. The highest BCUT2D eigenvalue weighted by Gasteiger charge is 2.27. The summed E-state index contributed by atoms with van der Waals surface area (Å²) in [5, 5.41) is 18.5. The molecular formula is C13H22O2. The van der Waals surface area contributed by atoms with E-state index < -0.39 is 5.79 Å². The molecule has 0 unspecified atom stereocenters. The van der Waals surface area contributed by atoms with Crippen LogP contribution in [0.3, 0.4) is 0 Å². The van der Waals surface area contributed by atoms with E-state index >= 15 is 0 Å². The fourth-order valence-corrected chi connectivity index (χ4v) is 2.25. The molecule has 2 N–H and O–H groups in total. The number of allylic oxidation sites excluding steroid dienone is 3. The number of aliphatic hydroxyl groups is 2. The lowest BCUT2D eigenvalue weighted by molar-refractivity contribution is -0.101. The molecule has 0 aromatic heterocycles. The van der Waals surface area contributed by atoms with Gasteiger partial charge in [-0.05, 0) is 50.2 Å². The maximum atomic E-state index is 9.25. The highest BCUT2D eigenvalue weighted by atomic mass is 16.5. The first-order valence-electron chi connectivity index (χ1n) is 5.57. The molecule has 0 spiro atoms. The fourth-order valence-electron chi connectivity index (χ4n) is 2.25. The molecule has 1 rings (SSSR count). The van der Waals surface area contributed by atoms with Crippen LogP contribution >= 0.6 is 0 Å². The topological polar surface area (TPSA) is 40.5 Å². The minimum atomic E-state index is -1.71. The second-order valence-corrected chi connectivity index (χ2v) is 5.36. The molecule has 0 aromatic rings. The van der Waals surface area contributed by atoms with Gasteiger partial charge in [-0.25, -0.2) is 0 Å². The van der Waals surface area contributed by atoms with Crippen molar-refractivity contribution in [1.82, 2.24) is 0 Å². The van der Waals surface area contributed by atoms with Gasteiger partial charge in [-0.2, -0.15) is 0 Å². The minimum Gasteiger partial charge on any atom is -0.363 e. The van der Waals surface area contributed by atoms with Crippen LogP contribution in [0.4, 0.5) is 0 Å². The van der Waals surface area contributed by atoms with Gasteiger partial charge in [-0.3, -0.25) is 0 Å². The van der Waals surface area contributed by atoms with Gasteiger partial charge in [0.1, 0.15) is 0 Å². The van der Waals surface area contributed by atoms with Gasteiger partial charge in [-0.15, -0.1) is 0 Å². The van der Waals surface area contributed by atoms with Crippen LogP contribution in [0, 0.1) is 5.41 Å². The van der Waals surface area contributed by atoms with Gasteiger partial charge >= 0.3 is 0 Å². The van der Waals surface area contributed by atoms with Crippen molar-refractivity contribution in [3.05, 3.63) is 23.3 Å². The van der Waals surface area contributed by atoms with Crippen LogP contribution in [-0.2, 0) is 0 Å². The van der Waals surface area contributed by atoms with Gasteiger partial charge in [0.15, 0.2) is 5.79 Å². The van der Waals surface area contributed by atoms with E-state index in [1.807, 2.05) is 6.08 Å². The van der Waals surface area contributed by atoms with Crippen molar-refractivity contribution in [3.63, 3.8) is 0 Å². The van der Waals surface area contributed by atoms with E-state index in [-0.39, 0.29) is 5.41 Å². The summed E-state index contributed by atoms with van der Waals surface area (Å²) in [5.74, 6) is -1.71. The normalized spacial score (nSPS) is 22.5. The SMILES string of the molecule is CC1=C(C=CC(C)(O)O)C(C)(C)CCC1. The zero-order valence-electron chi connectivity index (χ0n) is 10.2. The Labute approximate surface area is 92.3 Å². The average Bonchev–Trinajstić information content (AvgIpc) is 1.99. The lowest BCUT2D eigenvalue weighted by Crippen LogP contribution is -2.22. The molecule has 2 nitrogen and oxygen atoms in total. The van der Waals surface area contributed by atoms with Gasteiger partial charge in [0.05, 0.1) is 0 Å². The molecule has 0 fully saturated rings. The predicted molar refractivity (Wildman–Crippen MR) is 62.3 cm³/mol. The van der Waals surface area contributed by atoms with Crippen LogP contribution in [0.1, 0.15) is 47.0 Å². The van der Waals surface area contributed by atoms with Crippen LogP contribution in [0.2, 0.25) is 0 Å². The molecular weight excluding hydrogens is 188 g/mol. The third-order valence-corrected chi connectivity index (χ3v) is 3.11. The maximum Gasteiger partial charge on any atom is 0.179 e. The van der Waals surface area contributed by atoms with E-state index in [1.54, 1.807) is 0 Å². The second-order valence-electron chi connectivity index (χ2n) is 5.36. The summed E-state index contributed by atoms with van der Waals surface area (Å²) in [6.45, 7) is 7.92. The van der Waals surface area contributed by atoms with Crippen LogP contribution in [0.25, 0.3) is 0 Å². The third-order valence-electron chi connectivity index (χ3n) is 3.11. The molecule has 15 heavy (non-hydrogen) atoms. The van der Waals surface area contributed by atoms with E-state index in [0.29, 0.717) is 0 Å². The zero-order valence-corrected chi connectivity index (χ0v) is 10.2. The van der Waals surface area contributed by atoms with Gasteiger partial charge in [-0.1, -0.05) is 25.5 Å². The largest absolute Gasteiger partial charge is 0.363 e. The van der Waals surface area contributed by atoms with Gasteiger partial charge in [0, 0.05) is 0 Å². The monoisotopic (exact) mass is 210 g/mol. The van der Waals surface area contributed by atoms with E-state index in [0.717, 1.165) is 12.8 Å². The summed E-state index contributed by atoms with van der Waals surface area (Å²) in [7, 11) is 0. The summed E-state index contributed by atoms with van der Waals surface area (Å²) in [6, 6.07) is 0. The first-order valence-corrected chi connectivity index (χ1v) is 5.57. The van der Waals surface area contributed by atoms with Crippen LogP contribution in [0.5, 0.6) is 0 Å². The smallest absolute Gasteiger partial charge is 0.179 e. The van der Waals surface area contributed by atoms with Gasteiger partial charge < -0.3 is 10.2 Å². The summed E-state index contributed by atoms with van der Waals surface area (Å²) in [5.41, 5.74) is 2.78. The standard InChI is InChI=1S/C13H22O2/c1-10-6-5-8-12(2,3)11(10)7-9-13(4,14)15/h7,9,14-15H,5-6,8H2,1-4H3. The number of hydrogen-bond donors (Lipinski definition) is 2. The van der Waals surface area contributed by atoms with E-state index in [1.165, 1.54) is 30.6 Å². The number of rotatable bonds is 2. The Hall–Kier alpha value is -0.600. The third kappa shape index (κ3) is 3.47. The molecule has 0 amide bonds. The Balaban J connectivity index is 2.95. The molecule has 1 aliphatic rings. The minimum absolute atomic E-state index is 0.157. The molecule has 0 bridgehead atoms. The average molecular weight is 210 g/mol. The Morgan fingerprint density at radius 2 is 1.93 bits per heavy atom. The molecule has 0 radical (unpaired) electrons. The Bertz CT molecular complexity index is 290. The molecule has 0 aliphatic heterocycles. The highest BCUT2D eigenvalue weighted by Crippen LogP contribution is 2.40. The van der Waals surface area contributed by atoms with Crippen molar-refractivity contribution < 1.29 is 10.2 Å². The molecule has 0 saturated carbocycles. The van der Waals surface area contributed by atoms with Crippen molar-refractivity contribution in [1.29, 1.82) is 0 Å². The molecule has 0 saturated heterocycles. The van der Waals surface area contributed by atoms with Crippen LogP contribution < -0.4 is 0 Å². The fraction of sp³-hybridized carbons (Fsp3) is 0.692. The maximum absolute atomic E-state index is 9.25. The van der Waals surface area contributed by atoms with Crippen molar-refractivity contribution in [2.75, 3.05) is 0 Å². The van der Waals surface area contributed by atoms with Gasteiger partial charge in [0.2, 0.25) is 0 Å². The van der Waals surface area contributed by atoms with Crippen molar-refractivity contribution in [3.8, 4) is 0 Å². The molecule has 1 aliphatic carbocycles. The van der Waals surface area contributed by atoms with Crippen molar-refractivity contribution in [2.24, 2.45) is 5.41 Å². The van der Waals surface area contributed by atoms with E-state index in [9.17, 15) is 10.2 Å². The predicted octanol–water partition coefficient (Wildman–Crippen LogP) is 2.77. The highest BCUT2D eigenvalue weighted by molar-refractivity contribution is 5.33. The molecule has 0 atom stereocenters. The van der Waals surface area contributed by atoms with E-state index in [2.05, 4.69) is 20.8 Å². The quantitative estimate of drug-likeness (QED) is 0.688. The van der Waals surface area contributed by atoms with Crippen molar-refractivity contribution in [2.45, 2.75) is 52.7 Å². The molecule has 0 heterocycles. The molecule has 2 heteroatoms. The Morgan fingerprint density at radius 1 is 1.33 bits per heavy atom. The summed E-state index contributed by atoms with van der Waals surface area (Å²) in [4.78, 5) is 0. The number of hydrogen-bond acceptors (Lipinski definition) is 2. The lowest BCUT2D eigenvalue weighted by atomic mass is 9.72. The van der Waals surface area contributed by atoms with Crippen LogP contribution in [-0.4, -0.2) is 16.0 Å². The summed E-state index contributed by atoms with van der Waals surface area (Å²) in [6.07, 6.45) is 6.84. The summed E-state index contributed by atoms with van der Waals surface area (Å²) < 4.78 is 0. The Kier molecular flexibility index (Phi) is 3.41.